The molecule has 2 rings (SSSR count). The van der Waals surface area contributed by atoms with Gasteiger partial charge in [-0.3, -0.25) is 9.69 Å². The van der Waals surface area contributed by atoms with Gasteiger partial charge in [0.05, 0.1) is 24.2 Å². The molecular weight excluding hydrogens is 292 g/mol. The molecule has 2 heterocycles. The normalized spacial score (nSPS) is 30.4. The van der Waals surface area contributed by atoms with Gasteiger partial charge in [-0.25, -0.2) is 8.42 Å². The summed E-state index contributed by atoms with van der Waals surface area (Å²) in [4.78, 5) is 16.2. The van der Waals surface area contributed by atoms with Crippen LogP contribution in [0.4, 0.5) is 0 Å². The van der Waals surface area contributed by atoms with Crippen LogP contribution < -0.4 is 0 Å². The van der Waals surface area contributed by atoms with Gasteiger partial charge in [0.2, 0.25) is 5.91 Å². The molecule has 0 bridgehead atoms. The van der Waals surface area contributed by atoms with Gasteiger partial charge >= 0.3 is 0 Å². The van der Waals surface area contributed by atoms with Gasteiger partial charge < -0.3 is 10.0 Å². The Bertz CT molecular complexity index is 477. The Morgan fingerprint density at radius 1 is 1.43 bits per heavy atom. The Morgan fingerprint density at radius 3 is 2.62 bits per heavy atom. The van der Waals surface area contributed by atoms with Crippen LogP contribution in [-0.2, 0) is 14.6 Å². The number of likely N-dealkylation sites (N-methyl/N-ethyl adjacent to an activating group) is 1. The number of rotatable bonds is 5. The molecule has 2 fully saturated rings. The largest absolute Gasteiger partial charge is 0.393 e. The third kappa shape index (κ3) is 4.17. The van der Waals surface area contributed by atoms with Crippen molar-refractivity contribution >= 4 is 15.7 Å². The highest BCUT2D eigenvalue weighted by Gasteiger charge is 2.35. The van der Waals surface area contributed by atoms with Crippen molar-refractivity contribution in [3.05, 3.63) is 0 Å². The molecule has 21 heavy (non-hydrogen) atoms. The number of likely N-dealkylation sites (tertiary alicyclic amines) is 1. The summed E-state index contributed by atoms with van der Waals surface area (Å²) in [6.07, 6.45) is 1.12. The van der Waals surface area contributed by atoms with Crippen LogP contribution in [0, 0.1) is 5.92 Å². The molecule has 7 heteroatoms. The van der Waals surface area contributed by atoms with Gasteiger partial charge in [0, 0.05) is 19.1 Å². The lowest BCUT2D eigenvalue weighted by molar-refractivity contribution is -0.133. The number of hydrogen-bond acceptors (Lipinski definition) is 5. The molecule has 6 nitrogen and oxygen atoms in total. The van der Waals surface area contributed by atoms with Crippen LogP contribution in [0.3, 0.4) is 0 Å². The zero-order valence-electron chi connectivity index (χ0n) is 12.9. The number of sulfone groups is 1. The Labute approximate surface area is 127 Å². The number of carbonyl (C=O) groups is 1. The van der Waals surface area contributed by atoms with E-state index in [1.165, 1.54) is 0 Å². The van der Waals surface area contributed by atoms with Gasteiger partial charge in [0.15, 0.2) is 9.84 Å². The van der Waals surface area contributed by atoms with Crippen molar-refractivity contribution in [3.8, 4) is 0 Å². The van der Waals surface area contributed by atoms with E-state index in [9.17, 15) is 18.3 Å². The maximum Gasteiger partial charge on any atom is 0.237 e. The number of carbonyl (C=O) groups excluding carboxylic acids is 1. The average Bonchev–Trinajstić information content (AvgIpc) is 2.97. The Hall–Kier alpha value is -0.660. The minimum atomic E-state index is -2.97. The lowest BCUT2D eigenvalue weighted by Crippen LogP contribution is -2.45. The van der Waals surface area contributed by atoms with E-state index in [2.05, 4.69) is 4.90 Å². The molecule has 3 unspecified atom stereocenters. The number of hydrogen-bond donors (Lipinski definition) is 1. The monoisotopic (exact) mass is 318 g/mol. The first-order chi connectivity index (χ1) is 9.82. The van der Waals surface area contributed by atoms with E-state index in [4.69, 9.17) is 0 Å². The first-order valence-electron chi connectivity index (χ1n) is 7.72. The highest BCUT2D eigenvalue weighted by molar-refractivity contribution is 7.91. The number of amides is 1. The highest BCUT2D eigenvalue weighted by atomic mass is 32.2. The van der Waals surface area contributed by atoms with E-state index in [1.54, 1.807) is 11.8 Å². The fraction of sp³-hybridized carbons (Fsp3) is 0.929. The Balaban J connectivity index is 1.90. The van der Waals surface area contributed by atoms with Crippen molar-refractivity contribution in [1.82, 2.24) is 9.80 Å². The number of nitrogens with zero attached hydrogens (tertiary/aromatic N) is 2. The van der Waals surface area contributed by atoms with Crippen molar-refractivity contribution in [2.24, 2.45) is 5.92 Å². The average molecular weight is 318 g/mol. The van der Waals surface area contributed by atoms with Crippen molar-refractivity contribution in [1.29, 1.82) is 0 Å². The van der Waals surface area contributed by atoms with Crippen molar-refractivity contribution in [3.63, 3.8) is 0 Å². The van der Waals surface area contributed by atoms with Gasteiger partial charge in [0.1, 0.15) is 0 Å². The molecule has 2 saturated heterocycles. The summed E-state index contributed by atoms with van der Waals surface area (Å²) in [6, 6.07) is -0.164. The summed E-state index contributed by atoms with van der Waals surface area (Å²) < 4.78 is 23.1. The first kappa shape index (κ1) is 16.7. The van der Waals surface area contributed by atoms with Gasteiger partial charge in [-0.2, -0.15) is 0 Å². The van der Waals surface area contributed by atoms with Crippen molar-refractivity contribution in [2.45, 2.75) is 38.8 Å². The Morgan fingerprint density at radius 2 is 2.14 bits per heavy atom. The summed E-state index contributed by atoms with van der Waals surface area (Å²) in [5.41, 5.74) is 0. The predicted octanol–water partition coefficient (Wildman–Crippen LogP) is -0.275. The molecule has 1 amide bonds. The van der Waals surface area contributed by atoms with Crippen molar-refractivity contribution < 1.29 is 18.3 Å². The zero-order valence-corrected chi connectivity index (χ0v) is 13.7. The SMILES string of the molecule is CCN(C(=O)CN1CCC(C(C)O)C1)C1CCS(=O)(=O)C1. The van der Waals surface area contributed by atoms with Crippen LogP contribution in [0.1, 0.15) is 26.7 Å². The molecule has 0 aromatic rings. The highest BCUT2D eigenvalue weighted by Crippen LogP contribution is 2.21. The molecular formula is C14H26N2O4S. The first-order valence-corrected chi connectivity index (χ1v) is 9.55. The second-order valence-corrected chi connectivity index (χ2v) is 8.49. The maximum absolute atomic E-state index is 12.4. The smallest absolute Gasteiger partial charge is 0.237 e. The molecule has 0 spiro atoms. The van der Waals surface area contributed by atoms with Gasteiger partial charge in [-0.05, 0) is 39.2 Å². The second-order valence-electron chi connectivity index (χ2n) is 6.26. The molecule has 2 aliphatic rings. The fourth-order valence-corrected chi connectivity index (χ4v) is 5.07. The summed E-state index contributed by atoms with van der Waals surface area (Å²) in [6.45, 7) is 6.12. The summed E-state index contributed by atoms with van der Waals surface area (Å²) in [5.74, 6) is 0.531. The Kier molecular flexibility index (Phi) is 5.27. The minimum Gasteiger partial charge on any atom is -0.393 e. The standard InChI is InChI=1S/C14H26N2O4S/c1-3-16(13-5-7-21(19,20)10-13)14(18)9-15-6-4-12(8-15)11(2)17/h11-13,17H,3-10H2,1-2H3. The summed E-state index contributed by atoms with van der Waals surface area (Å²) >= 11 is 0. The van der Waals surface area contributed by atoms with E-state index in [0.717, 1.165) is 19.5 Å². The number of aliphatic hydroxyl groups excluding tert-OH is 1. The van der Waals surface area contributed by atoms with Crippen molar-refractivity contribution in [2.75, 3.05) is 37.7 Å². The molecule has 0 aliphatic carbocycles. The lowest BCUT2D eigenvalue weighted by atomic mass is 10.0. The van der Waals surface area contributed by atoms with E-state index in [1.807, 2.05) is 6.92 Å². The van der Waals surface area contributed by atoms with Gasteiger partial charge in [-0.1, -0.05) is 0 Å². The van der Waals surface area contributed by atoms with E-state index in [-0.39, 0.29) is 35.5 Å². The molecule has 0 radical (unpaired) electrons. The third-order valence-corrected chi connectivity index (χ3v) is 6.41. The molecule has 0 saturated carbocycles. The molecule has 0 aromatic carbocycles. The molecule has 0 aromatic heterocycles. The second kappa shape index (κ2) is 6.62. The van der Waals surface area contributed by atoms with Crippen LogP contribution >= 0.6 is 0 Å². The molecule has 3 atom stereocenters. The van der Waals surface area contributed by atoms with Crippen LogP contribution in [-0.4, -0.2) is 79.1 Å². The predicted molar refractivity (Wildman–Crippen MR) is 80.7 cm³/mol. The van der Waals surface area contributed by atoms with E-state index in [0.29, 0.717) is 19.5 Å². The van der Waals surface area contributed by atoms with Crippen LogP contribution in [0.25, 0.3) is 0 Å². The minimum absolute atomic E-state index is 0.00541. The van der Waals surface area contributed by atoms with Crippen LogP contribution in [0.5, 0.6) is 0 Å². The lowest BCUT2D eigenvalue weighted by Gasteiger charge is -2.29. The van der Waals surface area contributed by atoms with Crippen LogP contribution in [0.15, 0.2) is 0 Å². The van der Waals surface area contributed by atoms with E-state index < -0.39 is 9.84 Å². The molecule has 1 N–H and O–H groups in total. The van der Waals surface area contributed by atoms with Gasteiger partial charge in [-0.15, -0.1) is 0 Å². The maximum atomic E-state index is 12.4. The van der Waals surface area contributed by atoms with Gasteiger partial charge in [0.25, 0.3) is 0 Å². The molecule has 122 valence electrons. The summed E-state index contributed by atoms with van der Waals surface area (Å²) in [5, 5.41) is 9.60. The zero-order chi connectivity index (χ0) is 15.6. The van der Waals surface area contributed by atoms with E-state index >= 15 is 0 Å². The fourth-order valence-electron chi connectivity index (χ4n) is 3.34. The summed E-state index contributed by atoms with van der Waals surface area (Å²) in [7, 11) is -2.97. The topological polar surface area (TPSA) is 77.9 Å². The molecule has 2 aliphatic heterocycles. The number of aliphatic hydroxyl groups is 1. The quantitative estimate of drug-likeness (QED) is 0.755. The van der Waals surface area contributed by atoms with Crippen LogP contribution in [0.2, 0.25) is 0 Å². The third-order valence-electron chi connectivity index (χ3n) is 4.66.